The topological polar surface area (TPSA) is 32.3 Å². The molecule has 3 heteroatoms. The third-order valence-corrected chi connectivity index (χ3v) is 3.74. The van der Waals surface area contributed by atoms with Crippen molar-refractivity contribution in [3.63, 3.8) is 0 Å². The van der Waals surface area contributed by atoms with E-state index in [1.807, 2.05) is 30.3 Å². The van der Waals surface area contributed by atoms with Crippen LogP contribution in [-0.4, -0.2) is 36.5 Å². The summed E-state index contributed by atoms with van der Waals surface area (Å²) < 4.78 is 0. The lowest BCUT2D eigenvalue weighted by molar-refractivity contribution is 0.0938. The molecule has 0 spiro atoms. The third-order valence-electron chi connectivity index (χ3n) is 3.74. The molecule has 0 unspecified atom stereocenters. The van der Waals surface area contributed by atoms with E-state index in [-0.39, 0.29) is 5.91 Å². The summed E-state index contributed by atoms with van der Waals surface area (Å²) in [5, 5.41) is 3.13. The van der Waals surface area contributed by atoms with Gasteiger partial charge in [0, 0.05) is 24.7 Å². The van der Waals surface area contributed by atoms with Gasteiger partial charge in [-0.05, 0) is 43.5 Å². The van der Waals surface area contributed by atoms with Gasteiger partial charge in [-0.2, -0.15) is 0 Å². The molecule has 1 aromatic rings. The number of rotatable bonds is 6. The molecule has 1 aliphatic rings. The zero-order valence-electron chi connectivity index (χ0n) is 12.3. The number of carbonyl (C=O) groups excluding carboxylic acids is 1. The first kappa shape index (κ1) is 14.8. The molecule has 1 aromatic carbocycles. The second-order valence-corrected chi connectivity index (χ2v) is 5.45. The van der Waals surface area contributed by atoms with E-state index in [2.05, 4.69) is 23.7 Å². The Balaban J connectivity index is 1.87. The zero-order valence-corrected chi connectivity index (χ0v) is 12.3. The first-order valence-corrected chi connectivity index (χ1v) is 7.46. The lowest BCUT2D eigenvalue weighted by Gasteiger charge is -2.15. The van der Waals surface area contributed by atoms with Crippen LogP contribution in [0.25, 0.3) is 0 Å². The third kappa shape index (κ3) is 3.94. The Bertz CT molecular complexity index is 453. The van der Waals surface area contributed by atoms with Crippen LogP contribution in [-0.2, 0) is 6.42 Å². The number of nitrogens with zero attached hydrogens (tertiary/aromatic N) is 1. The molecule has 1 amide bonds. The van der Waals surface area contributed by atoms with Crippen LogP contribution in [0.15, 0.2) is 36.9 Å². The first-order valence-electron chi connectivity index (χ1n) is 7.46. The summed E-state index contributed by atoms with van der Waals surface area (Å²) >= 11 is 0. The Labute approximate surface area is 121 Å². The molecule has 0 bridgehead atoms. The molecular formula is C17H24N2O. The minimum atomic E-state index is 0.0403. The highest BCUT2D eigenvalue weighted by Gasteiger charge is 2.23. The van der Waals surface area contributed by atoms with Gasteiger partial charge in [0.05, 0.1) is 0 Å². The van der Waals surface area contributed by atoms with Crippen molar-refractivity contribution in [1.29, 1.82) is 0 Å². The quantitative estimate of drug-likeness (QED) is 0.807. The first-order chi connectivity index (χ1) is 9.72. The van der Waals surface area contributed by atoms with Crippen LogP contribution in [0.2, 0.25) is 0 Å². The Morgan fingerprint density at radius 2 is 2.20 bits per heavy atom. The summed E-state index contributed by atoms with van der Waals surface area (Å²) in [6.07, 6.45) is 4.94. The Morgan fingerprint density at radius 1 is 1.45 bits per heavy atom. The van der Waals surface area contributed by atoms with E-state index in [4.69, 9.17) is 0 Å². The molecule has 0 radical (unpaired) electrons. The number of benzene rings is 1. The number of likely N-dealkylation sites (tertiary alicyclic amines) is 1. The number of amides is 1. The number of nitrogens with one attached hydrogen (secondary N) is 1. The van der Waals surface area contributed by atoms with E-state index >= 15 is 0 Å². The van der Waals surface area contributed by atoms with Crippen LogP contribution in [0.3, 0.4) is 0 Å². The van der Waals surface area contributed by atoms with Gasteiger partial charge < -0.3 is 10.2 Å². The van der Waals surface area contributed by atoms with E-state index in [1.165, 1.54) is 12.0 Å². The maximum absolute atomic E-state index is 12.2. The summed E-state index contributed by atoms with van der Waals surface area (Å²) in [4.78, 5) is 14.6. The van der Waals surface area contributed by atoms with Gasteiger partial charge in [-0.1, -0.05) is 25.1 Å². The van der Waals surface area contributed by atoms with Gasteiger partial charge in [0.1, 0.15) is 0 Å². The zero-order chi connectivity index (χ0) is 14.4. The number of carbonyl (C=O) groups is 1. The maximum Gasteiger partial charge on any atom is 0.251 e. The summed E-state index contributed by atoms with van der Waals surface area (Å²) in [6, 6.07) is 8.07. The average molecular weight is 272 g/mol. The SMILES string of the molecule is C=CCc1ccc(C(=O)N[C@@H]2CCN(CCC)C2)cc1. The fraction of sp³-hybridized carbons (Fsp3) is 0.471. The monoisotopic (exact) mass is 272 g/mol. The minimum absolute atomic E-state index is 0.0403. The Hall–Kier alpha value is -1.61. The average Bonchev–Trinajstić information content (AvgIpc) is 2.88. The van der Waals surface area contributed by atoms with Crippen molar-refractivity contribution in [1.82, 2.24) is 10.2 Å². The van der Waals surface area contributed by atoms with Crippen LogP contribution < -0.4 is 5.32 Å². The van der Waals surface area contributed by atoms with Crippen LogP contribution in [0.5, 0.6) is 0 Å². The smallest absolute Gasteiger partial charge is 0.251 e. The van der Waals surface area contributed by atoms with Gasteiger partial charge in [-0.25, -0.2) is 0 Å². The largest absolute Gasteiger partial charge is 0.348 e. The van der Waals surface area contributed by atoms with Gasteiger partial charge in [0.25, 0.3) is 5.91 Å². The normalized spacial score (nSPS) is 18.9. The van der Waals surface area contributed by atoms with Gasteiger partial charge in [-0.15, -0.1) is 6.58 Å². The van der Waals surface area contributed by atoms with Crippen molar-refractivity contribution < 1.29 is 4.79 Å². The molecule has 0 saturated carbocycles. The highest BCUT2D eigenvalue weighted by Crippen LogP contribution is 2.11. The molecule has 2 rings (SSSR count). The highest BCUT2D eigenvalue weighted by molar-refractivity contribution is 5.94. The summed E-state index contributed by atoms with van der Waals surface area (Å²) in [5.41, 5.74) is 1.93. The van der Waals surface area contributed by atoms with Crippen molar-refractivity contribution in [2.75, 3.05) is 19.6 Å². The van der Waals surface area contributed by atoms with Crippen molar-refractivity contribution >= 4 is 5.91 Å². The molecule has 1 atom stereocenters. The number of hydrogen-bond donors (Lipinski definition) is 1. The molecule has 0 aliphatic carbocycles. The number of allylic oxidation sites excluding steroid dienone is 1. The standard InChI is InChI=1S/C17H24N2O/c1-3-5-14-6-8-15(9-7-14)17(20)18-16-10-12-19(13-16)11-4-2/h3,6-9,16H,1,4-5,10-13H2,2H3,(H,18,20)/t16-/m1/s1. The van der Waals surface area contributed by atoms with Gasteiger partial charge in [0.15, 0.2) is 0 Å². The molecule has 20 heavy (non-hydrogen) atoms. The van der Waals surface area contributed by atoms with E-state index < -0.39 is 0 Å². The van der Waals surface area contributed by atoms with Crippen molar-refractivity contribution in [2.45, 2.75) is 32.2 Å². The molecular weight excluding hydrogens is 248 g/mol. The second-order valence-electron chi connectivity index (χ2n) is 5.45. The summed E-state index contributed by atoms with van der Waals surface area (Å²) in [5.74, 6) is 0.0403. The molecule has 1 saturated heterocycles. The van der Waals surface area contributed by atoms with E-state index in [1.54, 1.807) is 0 Å². The van der Waals surface area contributed by atoms with Crippen LogP contribution >= 0.6 is 0 Å². The van der Waals surface area contributed by atoms with Crippen molar-refractivity contribution in [3.05, 3.63) is 48.0 Å². The summed E-state index contributed by atoms with van der Waals surface area (Å²) in [6.45, 7) is 9.11. The van der Waals surface area contributed by atoms with Crippen molar-refractivity contribution in [2.24, 2.45) is 0 Å². The molecule has 1 N–H and O–H groups in total. The van der Waals surface area contributed by atoms with Gasteiger partial charge >= 0.3 is 0 Å². The van der Waals surface area contributed by atoms with Gasteiger partial charge in [-0.3, -0.25) is 4.79 Å². The summed E-state index contributed by atoms with van der Waals surface area (Å²) in [7, 11) is 0. The molecule has 1 aliphatic heterocycles. The van der Waals surface area contributed by atoms with Crippen LogP contribution in [0.4, 0.5) is 0 Å². The predicted molar refractivity (Wildman–Crippen MR) is 82.9 cm³/mol. The fourth-order valence-corrected chi connectivity index (χ4v) is 2.70. The molecule has 108 valence electrons. The van der Waals surface area contributed by atoms with Gasteiger partial charge in [0.2, 0.25) is 0 Å². The molecule has 1 fully saturated rings. The van der Waals surface area contributed by atoms with E-state index in [9.17, 15) is 4.79 Å². The maximum atomic E-state index is 12.2. The predicted octanol–water partition coefficient (Wildman–Crippen LogP) is 2.63. The number of hydrogen-bond acceptors (Lipinski definition) is 2. The van der Waals surface area contributed by atoms with E-state index in [0.717, 1.165) is 38.0 Å². The Morgan fingerprint density at radius 3 is 2.85 bits per heavy atom. The lowest BCUT2D eigenvalue weighted by Crippen LogP contribution is -2.37. The Kier molecular flexibility index (Phi) is 5.36. The molecule has 3 nitrogen and oxygen atoms in total. The highest BCUT2D eigenvalue weighted by atomic mass is 16.1. The second kappa shape index (κ2) is 7.25. The molecule has 1 heterocycles. The molecule has 0 aromatic heterocycles. The fourth-order valence-electron chi connectivity index (χ4n) is 2.70. The van der Waals surface area contributed by atoms with Crippen molar-refractivity contribution in [3.8, 4) is 0 Å². The minimum Gasteiger partial charge on any atom is -0.348 e. The van der Waals surface area contributed by atoms with Crippen LogP contribution in [0.1, 0.15) is 35.7 Å². The lowest BCUT2D eigenvalue weighted by atomic mass is 10.1. The van der Waals surface area contributed by atoms with Crippen LogP contribution in [0, 0.1) is 0 Å². The van der Waals surface area contributed by atoms with E-state index in [0.29, 0.717) is 6.04 Å².